The van der Waals surface area contributed by atoms with Gasteiger partial charge in [0.1, 0.15) is 0 Å². The maximum absolute atomic E-state index is 5.94. The first-order valence-corrected chi connectivity index (χ1v) is 7.35. The number of anilines is 2. The lowest BCUT2D eigenvalue weighted by molar-refractivity contribution is 0.801. The van der Waals surface area contributed by atoms with Crippen molar-refractivity contribution in [3.63, 3.8) is 0 Å². The first-order chi connectivity index (χ1) is 10.5. The van der Waals surface area contributed by atoms with E-state index in [-0.39, 0.29) is 24.0 Å². The van der Waals surface area contributed by atoms with Crippen molar-refractivity contribution in [2.24, 2.45) is 17.8 Å². The van der Waals surface area contributed by atoms with Crippen LogP contribution in [-0.2, 0) is 20.0 Å². The minimum atomic E-state index is 0. The van der Waals surface area contributed by atoms with Crippen molar-refractivity contribution < 1.29 is 0 Å². The molecule has 6 nitrogen and oxygen atoms in total. The lowest BCUT2D eigenvalue weighted by Crippen LogP contribution is -2.22. The van der Waals surface area contributed by atoms with Gasteiger partial charge in [0, 0.05) is 26.8 Å². The Morgan fingerprint density at radius 2 is 1.96 bits per heavy atom. The van der Waals surface area contributed by atoms with Gasteiger partial charge < -0.3 is 20.5 Å². The second kappa shape index (κ2) is 8.76. The molecule has 0 amide bonds. The molecule has 0 aliphatic carbocycles. The molecule has 1 aromatic carbocycles. The van der Waals surface area contributed by atoms with Crippen LogP contribution < -0.4 is 16.0 Å². The van der Waals surface area contributed by atoms with E-state index >= 15 is 0 Å². The number of hydrogen-bond acceptors (Lipinski definition) is 3. The third-order valence-electron chi connectivity index (χ3n) is 3.51. The van der Waals surface area contributed by atoms with Crippen LogP contribution in [0.1, 0.15) is 18.2 Å². The molecule has 0 atom stereocenters. The largest absolute Gasteiger partial charge is 0.370 e. The maximum Gasteiger partial charge on any atom is 0.204 e. The maximum atomic E-state index is 5.94. The van der Waals surface area contributed by atoms with E-state index in [4.69, 9.17) is 5.73 Å². The van der Waals surface area contributed by atoms with Gasteiger partial charge in [-0.25, -0.2) is 9.98 Å². The van der Waals surface area contributed by atoms with Crippen molar-refractivity contribution in [2.75, 3.05) is 24.3 Å². The number of nitrogens with zero attached hydrogens (tertiary/aromatic N) is 4. The highest BCUT2D eigenvalue weighted by Gasteiger charge is 2.07. The zero-order chi connectivity index (χ0) is 16.1. The highest BCUT2D eigenvalue weighted by Crippen LogP contribution is 2.12. The Bertz CT molecular complexity index is 645. The molecule has 0 saturated heterocycles. The van der Waals surface area contributed by atoms with Crippen LogP contribution in [0.4, 0.5) is 11.6 Å². The highest BCUT2D eigenvalue weighted by atomic mass is 127. The summed E-state index contributed by atoms with van der Waals surface area (Å²) in [7, 11) is 5.90. The molecule has 3 N–H and O–H groups in total. The molecular weight excluding hydrogens is 403 g/mol. The predicted molar refractivity (Wildman–Crippen MR) is 108 cm³/mol. The van der Waals surface area contributed by atoms with Crippen molar-refractivity contribution in [3.8, 4) is 0 Å². The summed E-state index contributed by atoms with van der Waals surface area (Å²) < 4.78 is 2.01. The molecule has 2 rings (SSSR count). The zero-order valence-corrected chi connectivity index (χ0v) is 16.4. The van der Waals surface area contributed by atoms with Crippen molar-refractivity contribution in [3.05, 3.63) is 41.7 Å². The number of aryl methyl sites for hydroxylation is 1. The average molecular weight is 428 g/mol. The van der Waals surface area contributed by atoms with Crippen molar-refractivity contribution in [1.82, 2.24) is 9.55 Å². The Labute approximate surface area is 154 Å². The quantitative estimate of drug-likeness (QED) is 0.437. The molecular formula is C16H25IN6. The second-order valence-electron chi connectivity index (χ2n) is 5.38. The first kappa shape index (κ1) is 19.3. The molecule has 0 fully saturated rings. The summed E-state index contributed by atoms with van der Waals surface area (Å²) in [6.45, 7) is 2.62. The van der Waals surface area contributed by atoms with E-state index in [1.54, 1.807) is 0 Å². The predicted octanol–water partition coefficient (Wildman–Crippen LogP) is 2.59. The fourth-order valence-electron chi connectivity index (χ4n) is 2.17. The van der Waals surface area contributed by atoms with Gasteiger partial charge in [-0.15, -0.1) is 24.0 Å². The van der Waals surface area contributed by atoms with Gasteiger partial charge in [-0.3, -0.25) is 0 Å². The summed E-state index contributed by atoms with van der Waals surface area (Å²) in [5.74, 6) is 1.30. The average Bonchev–Trinajstić information content (AvgIpc) is 2.87. The van der Waals surface area contributed by atoms with Gasteiger partial charge >= 0.3 is 0 Å². The minimum Gasteiger partial charge on any atom is -0.370 e. The van der Waals surface area contributed by atoms with Gasteiger partial charge in [0.05, 0.1) is 18.4 Å². The summed E-state index contributed by atoms with van der Waals surface area (Å²) >= 11 is 0. The Kier molecular flexibility index (Phi) is 7.34. The number of rotatable bonds is 5. The molecule has 0 aliphatic rings. The minimum absolute atomic E-state index is 0. The van der Waals surface area contributed by atoms with E-state index in [0.717, 1.165) is 23.8 Å². The van der Waals surface area contributed by atoms with Crippen LogP contribution in [0.5, 0.6) is 0 Å². The number of aliphatic imine (C=N–C) groups is 1. The molecule has 0 aliphatic heterocycles. The lowest BCUT2D eigenvalue weighted by atomic mass is 10.1. The van der Waals surface area contributed by atoms with E-state index in [1.807, 2.05) is 48.9 Å². The fourth-order valence-corrected chi connectivity index (χ4v) is 2.17. The number of imidazole rings is 1. The van der Waals surface area contributed by atoms with E-state index in [0.29, 0.717) is 12.5 Å². The van der Waals surface area contributed by atoms with E-state index < -0.39 is 0 Å². The van der Waals surface area contributed by atoms with Gasteiger partial charge in [-0.2, -0.15) is 0 Å². The zero-order valence-electron chi connectivity index (χ0n) is 14.1. The molecule has 7 heteroatoms. The third kappa shape index (κ3) is 5.12. The normalized spacial score (nSPS) is 11.0. The summed E-state index contributed by atoms with van der Waals surface area (Å²) in [6, 6.07) is 8.19. The number of nitrogens with one attached hydrogen (secondary N) is 1. The van der Waals surface area contributed by atoms with Crippen LogP contribution in [0.25, 0.3) is 0 Å². The Hall–Kier alpha value is -1.77. The fraction of sp³-hybridized carbons (Fsp3) is 0.375. The van der Waals surface area contributed by atoms with E-state index in [2.05, 4.69) is 34.3 Å². The Morgan fingerprint density at radius 3 is 2.48 bits per heavy atom. The Morgan fingerprint density at radius 1 is 1.30 bits per heavy atom. The molecule has 0 unspecified atom stereocenters. The smallest absolute Gasteiger partial charge is 0.204 e. The van der Waals surface area contributed by atoms with Gasteiger partial charge in [-0.05, 0) is 24.1 Å². The van der Waals surface area contributed by atoms with Crippen LogP contribution in [0.3, 0.4) is 0 Å². The van der Waals surface area contributed by atoms with Crippen LogP contribution in [-0.4, -0.2) is 29.6 Å². The first-order valence-electron chi connectivity index (χ1n) is 7.35. The number of benzene rings is 1. The molecule has 126 valence electrons. The molecule has 0 bridgehead atoms. The molecule has 2 aromatic rings. The number of guanidine groups is 1. The topological polar surface area (TPSA) is 71.5 Å². The van der Waals surface area contributed by atoms with Crippen molar-refractivity contribution in [1.29, 1.82) is 0 Å². The molecule has 0 saturated carbocycles. The molecule has 1 aromatic heterocycles. The highest BCUT2D eigenvalue weighted by molar-refractivity contribution is 14.0. The van der Waals surface area contributed by atoms with Crippen LogP contribution in [0.15, 0.2) is 35.5 Å². The van der Waals surface area contributed by atoms with Crippen LogP contribution in [0.2, 0.25) is 0 Å². The standard InChI is InChI=1S/C16H24N6.HI/c1-5-12-6-8-13(9-7-12)20-15(17)18-10-14-11-19-16(21(2)3)22(14)4;/h6-9,11H,5,10H2,1-4H3,(H3,17,18,20);1H. The third-order valence-corrected chi connectivity index (χ3v) is 3.51. The van der Waals surface area contributed by atoms with Gasteiger partial charge in [0.25, 0.3) is 0 Å². The molecule has 1 heterocycles. The van der Waals surface area contributed by atoms with E-state index in [9.17, 15) is 0 Å². The van der Waals surface area contributed by atoms with Crippen LogP contribution >= 0.6 is 24.0 Å². The summed E-state index contributed by atoms with van der Waals surface area (Å²) in [5, 5.41) is 3.10. The SMILES string of the molecule is CCc1ccc(NC(N)=NCc2cnc(N(C)C)n2C)cc1.I. The molecule has 0 spiro atoms. The summed E-state index contributed by atoms with van der Waals surface area (Å²) in [5.41, 5.74) is 9.19. The molecule has 23 heavy (non-hydrogen) atoms. The summed E-state index contributed by atoms with van der Waals surface area (Å²) in [6.07, 6.45) is 2.85. The van der Waals surface area contributed by atoms with Gasteiger partial charge in [0.15, 0.2) is 5.96 Å². The monoisotopic (exact) mass is 428 g/mol. The molecule has 0 radical (unpaired) electrons. The summed E-state index contributed by atoms with van der Waals surface area (Å²) in [4.78, 5) is 10.7. The number of halogens is 1. The van der Waals surface area contributed by atoms with Crippen molar-refractivity contribution >= 4 is 41.6 Å². The van der Waals surface area contributed by atoms with Gasteiger partial charge in [-0.1, -0.05) is 19.1 Å². The van der Waals surface area contributed by atoms with E-state index in [1.165, 1.54) is 5.56 Å². The van der Waals surface area contributed by atoms with Crippen molar-refractivity contribution in [2.45, 2.75) is 19.9 Å². The number of hydrogen-bond donors (Lipinski definition) is 2. The lowest BCUT2D eigenvalue weighted by Gasteiger charge is -2.12. The number of aromatic nitrogens is 2. The number of nitrogens with two attached hydrogens (primary N) is 1. The van der Waals surface area contributed by atoms with Gasteiger partial charge in [0.2, 0.25) is 5.95 Å². The Balaban J connectivity index is 0.00000264. The second-order valence-corrected chi connectivity index (χ2v) is 5.38. The van der Waals surface area contributed by atoms with Crippen LogP contribution in [0, 0.1) is 0 Å².